The molecule has 1 aromatic rings. The number of likely N-dealkylation sites (tertiary alicyclic amines) is 2. The van der Waals surface area contributed by atoms with Crippen LogP contribution >= 0.6 is 15.9 Å². The number of hydrogen-bond acceptors (Lipinski definition) is 2. The Morgan fingerprint density at radius 1 is 1.09 bits per heavy atom. The molecule has 2 amide bonds. The first-order chi connectivity index (χ1) is 11.0. The standard InChI is InChI=1S/C17H19BrN2O3/c18-14-4-1-13(2-5-14)3-6-15(21)20-11-17(12-20)7-9-19(10-8-17)16(22)23/h1-6H,7-12H2,(H,22,23)/b6-3+. The van der Waals surface area contributed by atoms with Gasteiger partial charge in [-0.2, -0.15) is 0 Å². The molecule has 0 aromatic heterocycles. The predicted molar refractivity (Wildman–Crippen MR) is 91.0 cm³/mol. The molecule has 0 aliphatic carbocycles. The van der Waals surface area contributed by atoms with E-state index in [1.54, 1.807) is 6.08 Å². The Bertz CT molecular complexity index is 626. The van der Waals surface area contributed by atoms with Crippen molar-refractivity contribution in [2.45, 2.75) is 12.8 Å². The van der Waals surface area contributed by atoms with E-state index < -0.39 is 6.09 Å². The van der Waals surface area contributed by atoms with E-state index in [2.05, 4.69) is 15.9 Å². The van der Waals surface area contributed by atoms with E-state index in [4.69, 9.17) is 5.11 Å². The van der Waals surface area contributed by atoms with Crippen molar-refractivity contribution < 1.29 is 14.7 Å². The average Bonchev–Trinajstić information content (AvgIpc) is 2.51. The lowest BCUT2D eigenvalue weighted by Crippen LogP contribution is -2.61. The third-order valence-electron chi connectivity index (χ3n) is 4.75. The van der Waals surface area contributed by atoms with Crippen LogP contribution in [0.1, 0.15) is 18.4 Å². The zero-order valence-electron chi connectivity index (χ0n) is 12.7. The quantitative estimate of drug-likeness (QED) is 0.804. The number of piperidine rings is 1. The van der Waals surface area contributed by atoms with E-state index in [1.165, 1.54) is 4.90 Å². The van der Waals surface area contributed by atoms with Gasteiger partial charge in [-0.3, -0.25) is 4.79 Å². The molecule has 3 rings (SSSR count). The van der Waals surface area contributed by atoms with Crippen LogP contribution in [0.5, 0.6) is 0 Å². The molecule has 1 N–H and O–H groups in total. The lowest BCUT2D eigenvalue weighted by Gasteiger charge is -2.53. The van der Waals surface area contributed by atoms with Gasteiger partial charge in [0.05, 0.1) is 0 Å². The Kier molecular flexibility index (Phi) is 4.43. The third-order valence-corrected chi connectivity index (χ3v) is 5.28. The van der Waals surface area contributed by atoms with Gasteiger partial charge >= 0.3 is 6.09 Å². The third kappa shape index (κ3) is 3.58. The second kappa shape index (κ2) is 6.35. The van der Waals surface area contributed by atoms with Crippen LogP contribution in [0.3, 0.4) is 0 Å². The first kappa shape index (κ1) is 16.1. The van der Waals surface area contributed by atoms with Crippen molar-refractivity contribution in [3.63, 3.8) is 0 Å². The van der Waals surface area contributed by atoms with E-state index >= 15 is 0 Å². The van der Waals surface area contributed by atoms with Crippen molar-refractivity contribution in [3.8, 4) is 0 Å². The molecule has 2 heterocycles. The zero-order valence-corrected chi connectivity index (χ0v) is 14.3. The van der Waals surface area contributed by atoms with Crippen molar-refractivity contribution in [1.82, 2.24) is 9.80 Å². The van der Waals surface area contributed by atoms with Crippen molar-refractivity contribution in [2.24, 2.45) is 5.41 Å². The fourth-order valence-corrected chi connectivity index (χ4v) is 3.52. The van der Waals surface area contributed by atoms with Gasteiger partial charge in [-0.25, -0.2) is 4.79 Å². The van der Waals surface area contributed by atoms with Gasteiger partial charge in [0.2, 0.25) is 5.91 Å². The van der Waals surface area contributed by atoms with Gasteiger partial charge in [0.1, 0.15) is 0 Å². The molecule has 0 atom stereocenters. The molecule has 1 spiro atoms. The summed E-state index contributed by atoms with van der Waals surface area (Å²) in [6.07, 6.45) is 4.29. The smallest absolute Gasteiger partial charge is 0.407 e. The number of hydrogen-bond donors (Lipinski definition) is 1. The van der Waals surface area contributed by atoms with E-state index in [0.29, 0.717) is 13.1 Å². The Hall–Kier alpha value is -1.82. The molecular formula is C17H19BrN2O3. The molecule has 23 heavy (non-hydrogen) atoms. The summed E-state index contributed by atoms with van der Waals surface area (Å²) in [4.78, 5) is 26.4. The highest BCUT2D eigenvalue weighted by Crippen LogP contribution is 2.40. The summed E-state index contributed by atoms with van der Waals surface area (Å²) in [5, 5.41) is 8.98. The molecule has 2 fully saturated rings. The second-order valence-corrected chi connectivity index (χ2v) is 7.26. The number of benzene rings is 1. The molecule has 0 unspecified atom stereocenters. The van der Waals surface area contributed by atoms with Crippen LogP contribution in [0.25, 0.3) is 6.08 Å². The lowest BCUT2D eigenvalue weighted by molar-refractivity contribution is -0.140. The van der Waals surface area contributed by atoms with E-state index in [-0.39, 0.29) is 11.3 Å². The lowest BCUT2D eigenvalue weighted by atomic mass is 9.72. The van der Waals surface area contributed by atoms with Crippen LogP contribution in [-0.2, 0) is 4.79 Å². The van der Waals surface area contributed by atoms with E-state index in [0.717, 1.165) is 36.0 Å². The normalized spacial score (nSPS) is 19.9. The zero-order chi connectivity index (χ0) is 16.4. The Balaban J connectivity index is 1.50. The summed E-state index contributed by atoms with van der Waals surface area (Å²) in [5.74, 6) is 0.0270. The van der Waals surface area contributed by atoms with E-state index in [1.807, 2.05) is 35.2 Å². The largest absolute Gasteiger partial charge is 0.465 e. The molecule has 2 aliphatic heterocycles. The number of nitrogens with zero attached hydrogens (tertiary/aromatic N) is 2. The Morgan fingerprint density at radius 3 is 2.26 bits per heavy atom. The molecule has 2 saturated heterocycles. The molecular weight excluding hydrogens is 360 g/mol. The predicted octanol–water partition coefficient (Wildman–Crippen LogP) is 3.06. The molecule has 0 radical (unpaired) electrons. The van der Waals surface area contributed by atoms with Gasteiger partial charge in [0.15, 0.2) is 0 Å². The maximum absolute atomic E-state index is 12.2. The van der Waals surface area contributed by atoms with Crippen molar-refractivity contribution >= 4 is 34.0 Å². The van der Waals surface area contributed by atoms with Crippen LogP contribution in [0, 0.1) is 5.41 Å². The number of amides is 2. The van der Waals surface area contributed by atoms with Gasteiger partial charge in [-0.1, -0.05) is 28.1 Å². The minimum absolute atomic E-state index is 0.0270. The molecule has 6 heteroatoms. The van der Waals surface area contributed by atoms with Crippen LogP contribution < -0.4 is 0 Å². The molecule has 0 bridgehead atoms. The van der Waals surface area contributed by atoms with Crippen molar-refractivity contribution in [1.29, 1.82) is 0 Å². The highest BCUT2D eigenvalue weighted by molar-refractivity contribution is 9.10. The van der Waals surface area contributed by atoms with Gasteiger partial charge < -0.3 is 14.9 Å². The molecule has 5 nitrogen and oxygen atoms in total. The van der Waals surface area contributed by atoms with Gasteiger partial charge in [0, 0.05) is 42.1 Å². The molecule has 2 aliphatic rings. The minimum Gasteiger partial charge on any atom is -0.465 e. The summed E-state index contributed by atoms with van der Waals surface area (Å²) in [7, 11) is 0. The van der Waals surface area contributed by atoms with Crippen molar-refractivity contribution in [3.05, 3.63) is 40.4 Å². The summed E-state index contributed by atoms with van der Waals surface area (Å²) >= 11 is 3.38. The maximum atomic E-state index is 12.2. The van der Waals surface area contributed by atoms with Crippen LogP contribution in [0.4, 0.5) is 4.79 Å². The number of carboxylic acid groups (broad SMARTS) is 1. The molecule has 122 valence electrons. The first-order valence-corrected chi connectivity index (χ1v) is 8.47. The maximum Gasteiger partial charge on any atom is 0.407 e. The Morgan fingerprint density at radius 2 is 1.70 bits per heavy atom. The number of carbonyl (C=O) groups is 2. The van der Waals surface area contributed by atoms with Crippen molar-refractivity contribution in [2.75, 3.05) is 26.2 Å². The molecule has 1 aromatic carbocycles. The highest BCUT2D eigenvalue weighted by atomic mass is 79.9. The summed E-state index contributed by atoms with van der Waals surface area (Å²) < 4.78 is 1.01. The SMILES string of the molecule is O=C(O)N1CCC2(CC1)CN(C(=O)/C=C/c1ccc(Br)cc1)C2. The Labute approximate surface area is 143 Å². The monoisotopic (exact) mass is 378 g/mol. The number of carbonyl (C=O) groups excluding carboxylic acids is 1. The highest BCUT2D eigenvalue weighted by Gasteiger charge is 2.46. The summed E-state index contributed by atoms with van der Waals surface area (Å²) in [6, 6.07) is 7.79. The second-order valence-electron chi connectivity index (χ2n) is 6.35. The average molecular weight is 379 g/mol. The van der Waals surface area contributed by atoms with Crippen LogP contribution in [-0.4, -0.2) is 53.1 Å². The number of rotatable bonds is 2. The van der Waals surface area contributed by atoms with Gasteiger partial charge in [0.25, 0.3) is 0 Å². The molecule has 0 saturated carbocycles. The van der Waals surface area contributed by atoms with Crippen LogP contribution in [0.2, 0.25) is 0 Å². The first-order valence-electron chi connectivity index (χ1n) is 7.68. The van der Waals surface area contributed by atoms with Gasteiger partial charge in [-0.15, -0.1) is 0 Å². The number of halogens is 1. The fourth-order valence-electron chi connectivity index (χ4n) is 3.25. The van der Waals surface area contributed by atoms with E-state index in [9.17, 15) is 9.59 Å². The topological polar surface area (TPSA) is 60.9 Å². The summed E-state index contributed by atoms with van der Waals surface area (Å²) in [6.45, 7) is 2.63. The van der Waals surface area contributed by atoms with Gasteiger partial charge in [-0.05, 0) is 36.6 Å². The van der Waals surface area contributed by atoms with Crippen LogP contribution in [0.15, 0.2) is 34.8 Å². The fraction of sp³-hybridized carbons (Fsp3) is 0.412. The minimum atomic E-state index is -0.843. The summed E-state index contributed by atoms with van der Waals surface area (Å²) in [5.41, 5.74) is 1.12.